The van der Waals surface area contributed by atoms with Crippen molar-refractivity contribution in [3.05, 3.63) is 23.8 Å². The highest BCUT2D eigenvalue weighted by atomic mass is 16.5. The normalized spacial score (nSPS) is 29.5. The van der Waals surface area contributed by atoms with Crippen molar-refractivity contribution in [1.29, 1.82) is 0 Å². The van der Waals surface area contributed by atoms with Gasteiger partial charge in [0.25, 0.3) is 0 Å². The molecule has 0 spiro atoms. The monoisotopic (exact) mass is 234 g/mol. The number of rotatable bonds is 1. The number of nitrogens with one attached hydrogen (secondary N) is 2. The van der Waals surface area contributed by atoms with Gasteiger partial charge in [0.1, 0.15) is 0 Å². The second-order valence-electron chi connectivity index (χ2n) is 4.57. The lowest BCUT2D eigenvalue weighted by Gasteiger charge is -2.44. The number of hydrogen-bond donors (Lipinski definition) is 2. The molecular weight excluding hydrogens is 220 g/mol. The molecule has 90 valence electrons. The number of fused-ring (bicyclic) bond motifs is 4. The van der Waals surface area contributed by atoms with Crippen molar-refractivity contribution in [2.45, 2.75) is 25.1 Å². The zero-order valence-electron chi connectivity index (χ0n) is 9.74. The van der Waals surface area contributed by atoms with Crippen LogP contribution in [0.15, 0.2) is 18.2 Å². The molecule has 0 unspecified atom stereocenters. The topological polar surface area (TPSA) is 59.6 Å². The first-order valence-corrected chi connectivity index (χ1v) is 5.56. The fraction of sp³-hybridized carbons (Fsp3) is 0.417. The maximum Gasteiger partial charge on any atom is 0.318 e. The van der Waals surface area contributed by atoms with Crippen LogP contribution in [0.25, 0.3) is 0 Å². The number of benzene rings is 1. The van der Waals surface area contributed by atoms with Gasteiger partial charge in [0, 0.05) is 12.0 Å². The lowest BCUT2D eigenvalue weighted by molar-refractivity contribution is 0.00942. The molecule has 1 fully saturated rings. The van der Waals surface area contributed by atoms with Gasteiger partial charge in [-0.1, -0.05) is 12.1 Å². The van der Waals surface area contributed by atoms with E-state index in [4.69, 9.17) is 9.47 Å². The predicted molar refractivity (Wildman–Crippen MR) is 61.1 cm³/mol. The maximum absolute atomic E-state index is 11.5. The number of ether oxygens (including phenoxy) is 2. The first-order chi connectivity index (χ1) is 8.11. The van der Waals surface area contributed by atoms with Gasteiger partial charge >= 0.3 is 6.03 Å². The van der Waals surface area contributed by atoms with E-state index >= 15 is 0 Å². The lowest BCUT2D eigenvalue weighted by atomic mass is 9.91. The molecule has 1 aromatic carbocycles. The van der Waals surface area contributed by atoms with Gasteiger partial charge in [-0.3, -0.25) is 0 Å². The fourth-order valence-electron chi connectivity index (χ4n) is 2.48. The predicted octanol–water partition coefficient (Wildman–Crippen LogP) is 1.55. The van der Waals surface area contributed by atoms with E-state index in [1.165, 1.54) is 0 Å². The molecule has 2 N–H and O–H groups in total. The van der Waals surface area contributed by atoms with Crippen LogP contribution in [-0.4, -0.2) is 18.9 Å². The Morgan fingerprint density at radius 2 is 2.35 bits per heavy atom. The molecule has 0 saturated carbocycles. The van der Waals surface area contributed by atoms with Gasteiger partial charge in [0.05, 0.1) is 13.2 Å². The van der Waals surface area contributed by atoms with Crippen LogP contribution in [0, 0.1) is 0 Å². The minimum atomic E-state index is -0.658. The summed E-state index contributed by atoms with van der Waals surface area (Å²) in [4.78, 5) is 11.5. The molecule has 17 heavy (non-hydrogen) atoms. The molecule has 0 radical (unpaired) electrons. The smallest absolute Gasteiger partial charge is 0.318 e. The van der Waals surface area contributed by atoms with Crippen LogP contribution in [-0.2, 0) is 0 Å². The van der Waals surface area contributed by atoms with Crippen LogP contribution in [0.4, 0.5) is 4.79 Å². The molecule has 2 amide bonds. The van der Waals surface area contributed by atoms with Gasteiger partial charge in [0.15, 0.2) is 17.2 Å². The summed E-state index contributed by atoms with van der Waals surface area (Å²) in [6.45, 7) is 1.87. The Morgan fingerprint density at radius 3 is 3.12 bits per heavy atom. The van der Waals surface area contributed by atoms with E-state index in [-0.39, 0.29) is 12.1 Å². The molecule has 0 aliphatic carbocycles. The van der Waals surface area contributed by atoms with E-state index in [1.807, 2.05) is 25.1 Å². The third-order valence-electron chi connectivity index (χ3n) is 3.21. The second kappa shape index (κ2) is 3.29. The van der Waals surface area contributed by atoms with Crippen molar-refractivity contribution in [3.63, 3.8) is 0 Å². The Kier molecular flexibility index (Phi) is 1.98. The van der Waals surface area contributed by atoms with E-state index in [0.29, 0.717) is 17.9 Å². The first kappa shape index (κ1) is 10.3. The lowest BCUT2D eigenvalue weighted by Crippen LogP contribution is -2.62. The largest absolute Gasteiger partial charge is 0.493 e. The van der Waals surface area contributed by atoms with Crippen LogP contribution in [0.2, 0.25) is 0 Å². The van der Waals surface area contributed by atoms with Gasteiger partial charge in [-0.05, 0) is 13.0 Å². The van der Waals surface area contributed by atoms with Crippen molar-refractivity contribution < 1.29 is 14.3 Å². The van der Waals surface area contributed by atoms with E-state index in [2.05, 4.69) is 10.6 Å². The van der Waals surface area contributed by atoms with Gasteiger partial charge in [-0.15, -0.1) is 0 Å². The summed E-state index contributed by atoms with van der Waals surface area (Å²) < 4.78 is 11.2. The minimum absolute atomic E-state index is 0.0207. The number of hydrogen-bond acceptors (Lipinski definition) is 3. The molecule has 1 aromatic rings. The fourth-order valence-corrected chi connectivity index (χ4v) is 2.48. The summed E-state index contributed by atoms with van der Waals surface area (Å²) in [5.41, 5.74) is 0.311. The third kappa shape index (κ3) is 1.50. The number of amides is 2. The Morgan fingerprint density at radius 1 is 1.53 bits per heavy atom. The van der Waals surface area contributed by atoms with Gasteiger partial charge in [-0.25, -0.2) is 4.79 Å². The van der Waals surface area contributed by atoms with Crippen LogP contribution in [0.1, 0.15) is 24.9 Å². The summed E-state index contributed by atoms with van der Waals surface area (Å²) in [6.07, 6.45) is 0.707. The van der Waals surface area contributed by atoms with Crippen molar-refractivity contribution in [3.8, 4) is 11.5 Å². The van der Waals surface area contributed by atoms with E-state index in [0.717, 1.165) is 5.56 Å². The quantitative estimate of drug-likeness (QED) is 0.775. The molecule has 2 aliphatic rings. The van der Waals surface area contributed by atoms with Crippen molar-refractivity contribution in [2.75, 3.05) is 7.11 Å². The van der Waals surface area contributed by atoms with Crippen LogP contribution in [0.3, 0.4) is 0 Å². The molecule has 2 aliphatic heterocycles. The number of carbonyl (C=O) groups is 1. The van der Waals surface area contributed by atoms with Crippen LogP contribution < -0.4 is 20.1 Å². The number of para-hydroxylation sites is 1. The second-order valence-corrected chi connectivity index (χ2v) is 4.57. The molecule has 2 heterocycles. The zero-order valence-corrected chi connectivity index (χ0v) is 9.74. The molecule has 1 saturated heterocycles. The van der Waals surface area contributed by atoms with Crippen molar-refractivity contribution in [2.24, 2.45) is 0 Å². The highest BCUT2D eigenvalue weighted by Crippen LogP contribution is 2.45. The maximum atomic E-state index is 11.5. The van der Waals surface area contributed by atoms with Gasteiger partial charge in [0.2, 0.25) is 0 Å². The van der Waals surface area contributed by atoms with E-state index in [1.54, 1.807) is 7.11 Å². The Hall–Kier alpha value is -1.91. The molecule has 2 bridgehead atoms. The average Bonchev–Trinajstić information content (AvgIpc) is 2.26. The summed E-state index contributed by atoms with van der Waals surface area (Å²) in [5.74, 6) is 1.40. The molecule has 2 atom stereocenters. The highest BCUT2D eigenvalue weighted by Gasteiger charge is 2.44. The summed E-state index contributed by atoms with van der Waals surface area (Å²) in [7, 11) is 1.61. The Bertz CT molecular complexity index is 489. The molecule has 0 aromatic heterocycles. The Labute approximate surface area is 99.1 Å². The standard InChI is InChI=1S/C12H14N2O3/c1-12-6-8(13-11(15)14-12)7-4-3-5-9(16-2)10(7)17-12/h3-5,8H,6H2,1-2H3,(H2,13,14,15)/t8-,12-/m0/s1. The van der Waals surface area contributed by atoms with Crippen molar-refractivity contribution in [1.82, 2.24) is 10.6 Å². The molecule has 5 nitrogen and oxygen atoms in total. The SMILES string of the molecule is COc1cccc2c1O[C@@]1(C)C[C@@H]2NC(=O)N1. The van der Waals surface area contributed by atoms with E-state index < -0.39 is 5.72 Å². The highest BCUT2D eigenvalue weighted by molar-refractivity contribution is 5.77. The van der Waals surface area contributed by atoms with Crippen LogP contribution in [0.5, 0.6) is 11.5 Å². The minimum Gasteiger partial charge on any atom is -0.493 e. The summed E-state index contributed by atoms with van der Waals surface area (Å²) >= 11 is 0. The summed E-state index contributed by atoms with van der Waals surface area (Å²) in [5, 5.41) is 5.68. The number of methoxy groups -OCH3 is 1. The van der Waals surface area contributed by atoms with Gasteiger partial charge < -0.3 is 20.1 Å². The number of carbonyl (C=O) groups excluding carboxylic acids is 1. The average molecular weight is 234 g/mol. The van der Waals surface area contributed by atoms with Crippen LogP contribution >= 0.6 is 0 Å². The Balaban J connectivity index is 2.12. The molecule has 3 rings (SSSR count). The van der Waals surface area contributed by atoms with Crippen molar-refractivity contribution >= 4 is 6.03 Å². The molecule has 5 heteroatoms. The third-order valence-corrected chi connectivity index (χ3v) is 3.21. The molecular formula is C12H14N2O3. The number of urea groups is 1. The zero-order chi connectivity index (χ0) is 12.0. The van der Waals surface area contributed by atoms with E-state index in [9.17, 15) is 4.79 Å². The first-order valence-electron chi connectivity index (χ1n) is 5.56. The van der Waals surface area contributed by atoms with Gasteiger partial charge in [-0.2, -0.15) is 0 Å². The summed E-state index contributed by atoms with van der Waals surface area (Å²) in [6, 6.07) is 5.49.